The lowest BCUT2D eigenvalue weighted by molar-refractivity contribution is -0.140. The molecular weight excluding hydrogens is 450 g/mol. The van der Waals surface area contributed by atoms with E-state index in [1.807, 2.05) is 26.8 Å². The third kappa shape index (κ3) is 4.71. The lowest BCUT2D eigenvalue weighted by Gasteiger charge is -2.26. The van der Waals surface area contributed by atoms with Gasteiger partial charge in [0.2, 0.25) is 0 Å². The molecule has 2 aliphatic rings. The molecule has 0 radical (unpaired) electrons. The molecule has 0 spiro atoms. The molecule has 2 aromatic carbocycles. The van der Waals surface area contributed by atoms with Crippen LogP contribution in [0.3, 0.4) is 0 Å². The van der Waals surface area contributed by atoms with Crippen molar-refractivity contribution in [3.63, 3.8) is 0 Å². The molecule has 2 aliphatic heterocycles. The molecule has 1 amide bonds. The molecule has 4 rings (SSSR count). The van der Waals surface area contributed by atoms with Crippen molar-refractivity contribution in [1.29, 1.82) is 0 Å². The Hall–Kier alpha value is -3.52. The number of fused-ring (bicyclic) bond motifs is 1. The molecular formula is C27H31NO7. The molecule has 8 heteroatoms. The van der Waals surface area contributed by atoms with Crippen LogP contribution in [0.4, 0.5) is 0 Å². The number of benzene rings is 2. The molecule has 2 unspecified atom stereocenters. The summed E-state index contributed by atoms with van der Waals surface area (Å²) in [4.78, 5) is 27.7. The summed E-state index contributed by atoms with van der Waals surface area (Å²) in [6.07, 6.45) is 0.751. The Morgan fingerprint density at radius 3 is 2.54 bits per heavy atom. The molecule has 0 bridgehead atoms. The van der Waals surface area contributed by atoms with Crippen molar-refractivity contribution in [2.24, 2.45) is 0 Å². The Labute approximate surface area is 205 Å². The number of amides is 1. The summed E-state index contributed by atoms with van der Waals surface area (Å²) < 4.78 is 22.4. The van der Waals surface area contributed by atoms with E-state index in [-0.39, 0.29) is 30.6 Å². The summed E-state index contributed by atoms with van der Waals surface area (Å²) in [5.74, 6) is 0.202. The monoisotopic (exact) mass is 481 g/mol. The van der Waals surface area contributed by atoms with E-state index in [0.717, 1.165) is 11.3 Å². The average Bonchev–Trinajstić information content (AvgIpc) is 3.34. The smallest absolute Gasteiger partial charge is 0.295 e. The minimum atomic E-state index is -0.802. The Morgan fingerprint density at radius 1 is 1.09 bits per heavy atom. The maximum atomic E-state index is 13.2. The minimum Gasteiger partial charge on any atom is -0.507 e. The third-order valence-electron chi connectivity index (χ3n) is 6.13. The fourth-order valence-corrected chi connectivity index (χ4v) is 4.61. The van der Waals surface area contributed by atoms with E-state index in [4.69, 9.17) is 18.9 Å². The number of nitrogens with zero attached hydrogens (tertiary/aromatic N) is 1. The zero-order valence-corrected chi connectivity index (χ0v) is 20.5. The van der Waals surface area contributed by atoms with Gasteiger partial charge in [0, 0.05) is 25.6 Å². The van der Waals surface area contributed by atoms with Crippen molar-refractivity contribution in [3.05, 3.63) is 58.7 Å². The Balaban J connectivity index is 1.84. The third-order valence-corrected chi connectivity index (χ3v) is 6.13. The number of aliphatic hydroxyl groups excluding tert-OH is 1. The number of hydrogen-bond acceptors (Lipinski definition) is 7. The molecule has 186 valence electrons. The number of carbonyl (C=O) groups is 2. The highest BCUT2D eigenvalue weighted by Crippen LogP contribution is 2.42. The van der Waals surface area contributed by atoms with Gasteiger partial charge in [-0.1, -0.05) is 6.07 Å². The summed E-state index contributed by atoms with van der Waals surface area (Å²) >= 11 is 0. The van der Waals surface area contributed by atoms with Crippen LogP contribution < -0.4 is 14.2 Å². The summed E-state index contributed by atoms with van der Waals surface area (Å²) in [7, 11) is 1.53. The first kappa shape index (κ1) is 24.6. The second-order valence-electron chi connectivity index (χ2n) is 8.51. The summed E-state index contributed by atoms with van der Waals surface area (Å²) in [6.45, 7) is 7.04. The summed E-state index contributed by atoms with van der Waals surface area (Å²) in [5.41, 5.74) is 2.08. The molecule has 2 aromatic rings. The molecule has 2 atom stereocenters. The lowest BCUT2D eigenvalue weighted by atomic mass is 9.94. The normalized spacial score (nSPS) is 20.6. The first-order chi connectivity index (χ1) is 16.9. The number of Topliss-reactive ketones (excluding diaryl/α,β-unsaturated/α-hetero) is 1. The molecule has 0 aliphatic carbocycles. The van der Waals surface area contributed by atoms with Crippen LogP contribution in [0.15, 0.2) is 42.0 Å². The minimum absolute atomic E-state index is 0.0321. The number of aliphatic hydroxyl groups is 1. The number of rotatable bonds is 9. The molecule has 0 saturated carbocycles. The summed E-state index contributed by atoms with van der Waals surface area (Å²) in [5, 5.41) is 11.3. The van der Waals surface area contributed by atoms with Crippen LogP contribution in [0.25, 0.3) is 5.76 Å². The van der Waals surface area contributed by atoms with Crippen LogP contribution in [0.2, 0.25) is 0 Å². The Bertz CT molecular complexity index is 1160. The average molecular weight is 482 g/mol. The highest BCUT2D eigenvalue weighted by atomic mass is 16.5. The van der Waals surface area contributed by atoms with Crippen molar-refractivity contribution in [3.8, 4) is 17.2 Å². The van der Waals surface area contributed by atoms with Crippen molar-refractivity contribution in [1.82, 2.24) is 4.90 Å². The van der Waals surface area contributed by atoms with Crippen LogP contribution in [0.1, 0.15) is 43.5 Å². The van der Waals surface area contributed by atoms with E-state index in [1.165, 1.54) is 12.0 Å². The molecule has 35 heavy (non-hydrogen) atoms. The number of likely N-dealkylation sites (tertiary alicyclic amines) is 1. The van der Waals surface area contributed by atoms with Crippen molar-refractivity contribution in [2.75, 3.05) is 33.5 Å². The zero-order valence-electron chi connectivity index (χ0n) is 20.5. The maximum absolute atomic E-state index is 13.2. The Morgan fingerprint density at radius 2 is 1.83 bits per heavy atom. The van der Waals surface area contributed by atoms with Gasteiger partial charge in [0.15, 0.2) is 11.5 Å². The van der Waals surface area contributed by atoms with Gasteiger partial charge >= 0.3 is 0 Å². The Kier molecular flexibility index (Phi) is 7.31. The number of carbonyl (C=O) groups excluding carboxylic acids is 2. The largest absolute Gasteiger partial charge is 0.507 e. The van der Waals surface area contributed by atoms with E-state index < -0.39 is 17.7 Å². The highest BCUT2D eigenvalue weighted by Gasteiger charge is 2.46. The van der Waals surface area contributed by atoms with Gasteiger partial charge in [-0.05, 0) is 62.2 Å². The molecule has 1 N–H and O–H groups in total. The van der Waals surface area contributed by atoms with Gasteiger partial charge < -0.3 is 29.0 Å². The SMILES string of the molecule is CCOc1ccc(C2C(=C(O)c3ccc4c(c3)CC(C)O4)C(=O)C(=O)N2CCOC)cc1OCC. The zero-order chi connectivity index (χ0) is 25.1. The van der Waals surface area contributed by atoms with Gasteiger partial charge in [-0.25, -0.2) is 0 Å². The number of ketones is 1. The second-order valence-corrected chi connectivity index (χ2v) is 8.51. The number of ether oxygens (including phenoxy) is 4. The number of hydrogen-bond donors (Lipinski definition) is 1. The van der Waals surface area contributed by atoms with Gasteiger partial charge in [0.1, 0.15) is 17.6 Å². The van der Waals surface area contributed by atoms with E-state index in [1.54, 1.807) is 30.3 Å². The quantitative estimate of drug-likeness (QED) is 0.330. The first-order valence-corrected chi connectivity index (χ1v) is 11.9. The van der Waals surface area contributed by atoms with E-state index in [2.05, 4.69) is 0 Å². The van der Waals surface area contributed by atoms with Gasteiger partial charge in [-0.2, -0.15) is 0 Å². The van der Waals surface area contributed by atoms with Crippen LogP contribution in [-0.4, -0.2) is 61.3 Å². The van der Waals surface area contributed by atoms with Gasteiger partial charge in [-0.15, -0.1) is 0 Å². The van der Waals surface area contributed by atoms with Gasteiger partial charge in [0.25, 0.3) is 11.7 Å². The predicted molar refractivity (Wildman–Crippen MR) is 130 cm³/mol. The van der Waals surface area contributed by atoms with E-state index in [0.29, 0.717) is 42.3 Å². The summed E-state index contributed by atoms with van der Waals surface area (Å²) in [6, 6.07) is 9.81. The van der Waals surface area contributed by atoms with Crippen LogP contribution in [0.5, 0.6) is 17.2 Å². The predicted octanol–water partition coefficient (Wildman–Crippen LogP) is 3.88. The topological polar surface area (TPSA) is 94.5 Å². The molecule has 0 aromatic heterocycles. The first-order valence-electron chi connectivity index (χ1n) is 11.9. The van der Waals surface area contributed by atoms with Crippen molar-refractivity contribution >= 4 is 17.4 Å². The standard InChI is InChI=1S/C27H31NO7/c1-5-33-21-10-7-17(15-22(21)34-6-2)24-23(26(30)27(31)28(24)11-12-32-4)25(29)18-8-9-20-19(14-18)13-16(3)35-20/h7-10,14-16,24,29H,5-6,11-13H2,1-4H3. The molecule has 1 saturated heterocycles. The maximum Gasteiger partial charge on any atom is 0.295 e. The molecule has 2 heterocycles. The van der Waals surface area contributed by atoms with Crippen LogP contribution in [-0.2, 0) is 20.7 Å². The van der Waals surface area contributed by atoms with Crippen molar-refractivity contribution < 1.29 is 33.6 Å². The van der Waals surface area contributed by atoms with Crippen LogP contribution in [0, 0.1) is 0 Å². The highest BCUT2D eigenvalue weighted by molar-refractivity contribution is 6.46. The van der Waals surface area contributed by atoms with Gasteiger partial charge in [0.05, 0.1) is 31.4 Å². The van der Waals surface area contributed by atoms with E-state index in [9.17, 15) is 14.7 Å². The second kappa shape index (κ2) is 10.4. The molecule has 1 fully saturated rings. The number of methoxy groups -OCH3 is 1. The van der Waals surface area contributed by atoms with Gasteiger partial charge in [-0.3, -0.25) is 9.59 Å². The fourth-order valence-electron chi connectivity index (χ4n) is 4.61. The van der Waals surface area contributed by atoms with Crippen molar-refractivity contribution in [2.45, 2.75) is 39.3 Å². The lowest BCUT2D eigenvalue weighted by Crippen LogP contribution is -2.32. The molecule has 8 nitrogen and oxygen atoms in total. The van der Waals surface area contributed by atoms with E-state index >= 15 is 0 Å². The fraction of sp³-hybridized carbons (Fsp3) is 0.407. The van der Waals surface area contributed by atoms with Crippen LogP contribution >= 0.6 is 0 Å².